The van der Waals surface area contributed by atoms with Gasteiger partial charge in [0.15, 0.2) is 0 Å². The van der Waals surface area contributed by atoms with Gasteiger partial charge in [-0.2, -0.15) is 0 Å². The van der Waals surface area contributed by atoms with Crippen LogP contribution in [0.1, 0.15) is 30.5 Å². The molecule has 0 radical (unpaired) electrons. The molecule has 0 aliphatic carbocycles. The zero-order valence-electron chi connectivity index (χ0n) is 8.61. The van der Waals surface area contributed by atoms with Gasteiger partial charge in [-0.1, -0.05) is 6.07 Å². The Labute approximate surface area is 78.8 Å². The molecule has 0 unspecified atom stereocenters. The summed E-state index contributed by atoms with van der Waals surface area (Å²) in [6.45, 7) is 7.50. The van der Waals surface area contributed by atoms with E-state index in [-0.39, 0.29) is 5.82 Å². The van der Waals surface area contributed by atoms with Crippen LogP contribution in [0.15, 0.2) is 12.1 Å². The minimum atomic E-state index is -0.611. The summed E-state index contributed by atoms with van der Waals surface area (Å²) in [5.74, 6) is -0.212. The molecule has 0 saturated carbocycles. The molecule has 72 valence electrons. The van der Waals surface area contributed by atoms with Crippen molar-refractivity contribution in [1.29, 1.82) is 0 Å². The third kappa shape index (κ3) is 1.89. The van der Waals surface area contributed by atoms with Gasteiger partial charge in [0.1, 0.15) is 5.82 Å². The second kappa shape index (κ2) is 3.11. The van der Waals surface area contributed by atoms with Gasteiger partial charge in [-0.25, -0.2) is 4.39 Å². The van der Waals surface area contributed by atoms with Crippen molar-refractivity contribution in [2.75, 3.05) is 0 Å². The van der Waals surface area contributed by atoms with Crippen LogP contribution in [0.4, 0.5) is 4.39 Å². The molecule has 1 nitrogen and oxygen atoms in total. The van der Waals surface area contributed by atoms with Crippen LogP contribution >= 0.6 is 0 Å². The second-order valence-electron chi connectivity index (χ2n) is 4.09. The van der Waals surface area contributed by atoms with Gasteiger partial charge in [0.2, 0.25) is 0 Å². The molecular formula is C11H16FN. The van der Waals surface area contributed by atoms with Crippen LogP contribution in [0.3, 0.4) is 0 Å². The first-order chi connectivity index (χ1) is 5.84. The first kappa shape index (κ1) is 10.2. The smallest absolute Gasteiger partial charge is 0.128 e. The van der Waals surface area contributed by atoms with Crippen molar-refractivity contribution in [3.63, 3.8) is 0 Å². The Hall–Kier alpha value is -0.890. The molecule has 0 bridgehead atoms. The summed E-state index contributed by atoms with van der Waals surface area (Å²) in [5, 5.41) is 0. The van der Waals surface area contributed by atoms with E-state index < -0.39 is 5.54 Å². The average molecular weight is 181 g/mol. The Kier molecular flexibility index (Phi) is 2.44. The highest BCUT2D eigenvalue weighted by Crippen LogP contribution is 2.26. The van der Waals surface area contributed by atoms with E-state index in [4.69, 9.17) is 5.73 Å². The van der Waals surface area contributed by atoms with E-state index in [0.717, 1.165) is 11.1 Å². The molecule has 1 aromatic carbocycles. The van der Waals surface area contributed by atoms with E-state index in [9.17, 15) is 4.39 Å². The van der Waals surface area contributed by atoms with Gasteiger partial charge in [-0.3, -0.25) is 0 Å². The lowest BCUT2D eigenvalue weighted by Crippen LogP contribution is -2.31. The van der Waals surface area contributed by atoms with Gasteiger partial charge in [0.05, 0.1) is 0 Å². The minimum Gasteiger partial charge on any atom is -0.322 e. The number of rotatable bonds is 1. The molecule has 0 aliphatic heterocycles. The maximum atomic E-state index is 13.4. The summed E-state index contributed by atoms with van der Waals surface area (Å²) in [6.07, 6.45) is 0. The van der Waals surface area contributed by atoms with Crippen molar-refractivity contribution >= 4 is 0 Å². The van der Waals surface area contributed by atoms with Crippen LogP contribution in [0.5, 0.6) is 0 Å². The van der Waals surface area contributed by atoms with Gasteiger partial charge in [0, 0.05) is 11.1 Å². The Bertz CT molecular complexity index is 324. The van der Waals surface area contributed by atoms with Crippen molar-refractivity contribution in [3.05, 3.63) is 34.6 Å². The largest absolute Gasteiger partial charge is 0.322 e. The van der Waals surface area contributed by atoms with E-state index in [1.54, 1.807) is 6.07 Å². The molecular weight excluding hydrogens is 165 g/mol. The zero-order valence-corrected chi connectivity index (χ0v) is 8.61. The molecule has 1 rings (SSSR count). The molecule has 0 heterocycles. The van der Waals surface area contributed by atoms with Crippen LogP contribution in [-0.4, -0.2) is 0 Å². The molecule has 1 aromatic rings. The first-order valence-corrected chi connectivity index (χ1v) is 4.39. The fourth-order valence-corrected chi connectivity index (χ4v) is 1.57. The van der Waals surface area contributed by atoms with Crippen molar-refractivity contribution in [3.8, 4) is 0 Å². The molecule has 0 spiro atoms. The van der Waals surface area contributed by atoms with E-state index >= 15 is 0 Å². The second-order valence-corrected chi connectivity index (χ2v) is 4.09. The Morgan fingerprint density at radius 1 is 1.23 bits per heavy atom. The average Bonchev–Trinajstić information content (AvgIpc) is 1.95. The van der Waals surface area contributed by atoms with Crippen LogP contribution in [0.25, 0.3) is 0 Å². The predicted molar refractivity (Wildman–Crippen MR) is 53.1 cm³/mol. The number of hydrogen-bond acceptors (Lipinski definition) is 1. The lowest BCUT2D eigenvalue weighted by molar-refractivity contribution is 0.497. The number of hydrogen-bond donors (Lipinski definition) is 1. The zero-order chi connectivity index (χ0) is 10.2. The fourth-order valence-electron chi connectivity index (χ4n) is 1.57. The van der Waals surface area contributed by atoms with Crippen LogP contribution in [0, 0.1) is 19.7 Å². The number of benzene rings is 1. The molecule has 2 N–H and O–H groups in total. The molecule has 13 heavy (non-hydrogen) atoms. The van der Waals surface area contributed by atoms with Crippen LogP contribution < -0.4 is 5.73 Å². The lowest BCUT2D eigenvalue weighted by Gasteiger charge is -2.23. The molecule has 0 aromatic heterocycles. The topological polar surface area (TPSA) is 26.0 Å². The highest BCUT2D eigenvalue weighted by Gasteiger charge is 2.21. The third-order valence-electron chi connectivity index (χ3n) is 2.33. The molecule has 0 saturated heterocycles. The van der Waals surface area contributed by atoms with Gasteiger partial charge in [-0.05, 0) is 44.9 Å². The predicted octanol–water partition coefficient (Wildman–Crippen LogP) is 2.64. The summed E-state index contributed by atoms with van der Waals surface area (Å²) in [4.78, 5) is 0. The SMILES string of the molecule is Cc1ccc(F)c(C(C)(C)N)c1C. The number of halogens is 1. The molecule has 0 amide bonds. The van der Waals surface area contributed by atoms with Crippen LogP contribution in [0.2, 0.25) is 0 Å². The quantitative estimate of drug-likeness (QED) is 0.708. The summed E-state index contributed by atoms with van der Waals surface area (Å²) in [6, 6.07) is 3.26. The van der Waals surface area contributed by atoms with Gasteiger partial charge in [-0.15, -0.1) is 0 Å². The van der Waals surface area contributed by atoms with Gasteiger partial charge >= 0.3 is 0 Å². The van der Waals surface area contributed by atoms with Gasteiger partial charge < -0.3 is 5.73 Å². The maximum absolute atomic E-state index is 13.4. The number of aryl methyl sites for hydroxylation is 1. The standard InChI is InChI=1S/C11H16FN/c1-7-5-6-9(12)10(8(7)2)11(3,4)13/h5-6H,13H2,1-4H3. The first-order valence-electron chi connectivity index (χ1n) is 4.39. The lowest BCUT2D eigenvalue weighted by atomic mass is 9.89. The molecule has 0 aliphatic rings. The van der Waals surface area contributed by atoms with Gasteiger partial charge in [0.25, 0.3) is 0 Å². The maximum Gasteiger partial charge on any atom is 0.128 e. The van der Waals surface area contributed by atoms with Crippen LogP contribution in [-0.2, 0) is 5.54 Å². The molecule has 2 heteroatoms. The summed E-state index contributed by atoms with van der Waals surface area (Å²) in [7, 11) is 0. The summed E-state index contributed by atoms with van der Waals surface area (Å²) >= 11 is 0. The van der Waals surface area contributed by atoms with E-state index in [1.165, 1.54) is 6.07 Å². The Morgan fingerprint density at radius 2 is 1.77 bits per heavy atom. The normalized spacial score (nSPS) is 11.8. The molecule has 0 fully saturated rings. The highest BCUT2D eigenvalue weighted by atomic mass is 19.1. The Balaban J connectivity index is 3.43. The van der Waals surface area contributed by atoms with Crippen molar-refractivity contribution in [1.82, 2.24) is 0 Å². The third-order valence-corrected chi connectivity index (χ3v) is 2.33. The monoisotopic (exact) mass is 181 g/mol. The van der Waals surface area contributed by atoms with E-state index in [0.29, 0.717) is 5.56 Å². The summed E-state index contributed by atoms with van der Waals surface area (Å²) in [5.41, 5.74) is 7.92. The highest BCUT2D eigenvalue weighted by molar-refractivity contribution is 5.38. The van der Waals surface area contributed by atoms with Crippen molar-refractivity contribution < 1.29 is 4.39 Å². The van der Waals surface area contributed by atoms with Crippen molar-refractivity contribution in [2.24, 2.45) is 5.73 Å². The van der Waals surface area contributed by atoms with E-state index in [2.05, 4.69) is 0 Å². The minimum absolute atomic E-state index is 0.212. The Morgan fingerprint density at radius 3 is 2.15 bits per heavy atom. The van der Waals surface area contributed by atoms with Crippen molar-refractivity contribution in [2.45, 2.75) is 33.2 Å². The van der Waals surface area contributed by atoms with E-state index in [1.807, 2.05) is 27.7 Å². The summed E-state index contributed by atoms with van der Waals surface area (Å²) < 4.78 is 13.4. The number of nitrogens with two attached hydrogens (primary N) is 1. The fraction of sp³-hybridized carbons (Fsp3) is 0.455. The molecule has 0 atom stereocenters.